The molecule has 1 amide bonds. The summed E-state index contributed by atoms with van der Waals surface area (Å²) in [5.41, 5.74) is -0.800. The minimum absolute atomic E-state index is 0.0678. The molecule has 0 saturated carbocycles. The van der Waals surface area contributed by atoms with Gasteiger partial charge in [0.25, 0.3) is 0 Å². The number of hydrogen-bond donors (Lipinski definition) is 1. The lowest BCUT2D eigenvalue weighted by Crippen LogP contribution is -2.55. The number of piperidine rings is 1. The standard InChI is InChI=1S/C9H15NO3/c1-3-13-8(12)9(2)6-4-5-7(11)10-9/h3-6H2,1-2H3,(H,10,11). The summed E-state index contributed by atoms with van der Waals surface area (Å²) in [6, 6.07) is 0. The summed E-state index contributed by atoms with van der Waals surface area (Å²) in [5.74, 6) is -0.398. The third-order valence-corrected chi connectivity index (χ3v) is 2.22. The van der Waals surface area contributed by atoms with Gasteiger partial charge in [-0.3, -0.25) is 4.79 Å². The van der Waals surface area contributed by atoms with E-state index in [1.54, 1.807) is 13.8 Å². The number of nitrogens with one attached hydrogen (secondary N) is 1. The molecule has 1 aliphatic heterocycles. The average molecular weight is 185 g/mol. The van der Waals surface area contributed by atoms with Gasteiger partial charge in [0.05, 0.1) is 6.61 Å². The van der Waals surface area contributed by atoms with Gasteiger partial charge >= 0.3 is 5.97 Å². The quantitative estimate of drug-likeness (QED) is 0.641. The van der Waals surface area contributed by atoms with Crippen molar-refractivity contribution in [2.45, 2.75) is 38.6 Å². The molecular weight excluding hydrogens is 170 g/mol. The van der Waals surface area contributed by atoms with Crippen LogP contribution in [0.15, 0.2) is 0 Å². The fourth-order valence-corrected chi connectivity index (χ4v) is 1.48. The molecule has 1 unspecified atom stereocenters. The molecule has 0 bridgehead atoms. The molecule has 1 rings (SSSR count). The molecule has 1 atom stereocenters. The number of carbonyl (C=O) groups is 2. The highest BCUT2D eigenvalue weighted by Gasteiger charge is 2.38. The van der Waals surface area contributed by atoms with E-state index >= 15 is 0 Å². The monoisotopic (exact) mass is 185 g/mol. The van der Waals surface area contributed by atoms with Crippen molar-refractivity contribution < 1.29 is 14.3 Å². The van der Waals surface area contributed by atoms with E-state index in [9.17, 15) is 9.59 Å². The molecule has 0 aromatic carbocycles. The van der Waals surface area contributed by atoms with Crippen molar-refractivity contribution in [1.82, 2.24) is 5.32 Å². The smallest absolute Gasteiger partial charge is 0.331 e. The van der Waals surface area contributed by atoms with Gasteiger partial charge in [0.15, 0.2) is 0 Å². The second-order valence-corrected chi connectivity index (χ2v) is 3.45. The summed E-state index contributed by atoms with van der Waals surface area (Å²) >= 11 is 0. The van der Waals surface area contributed by atoms with Crippen LogP contribution >= 0.6 is 0 Å². The summed E-state index contributed by atoms with van der Waals surface area (Å²) in [6.07, 6.45) is 1.92. The zero-order chi connectivity index (χ0) is 9.90. The van der Waals surface area contributed by atoms with E-state index < -0.39 is 5.54 Å². The fraction of sp³-hybridized carbons (Fsp3) is 0.778. The van der Waals surface area contributed by atoms with Crippen LogP contribution in [0.4, 0.5) is 0 Å². The predicted molar refractivity (Wildman–Crippen MR) is 47.0 cm³/mol. The largest absolute Gasteiger partial charge is 0.464 e. The van der Waals surface area contributed by atoms with Crippen LogP contribution in [0, 0.1) is 0 Å². The van der Waals surface area contributed by atoms with E-state index in [-0.39, 0.29) is 11.9 Å². The molecule has 1 N–H and O–H groups in total. The Kier molecular flexibility index (Phi) is 2.90. The summed E-state index contributed by atoms with van der Waals surface area (Å²) in [6.45, 7) is 3.82. The third-order valence-electron chi connectivity index (χ3n) is 2.22. The van der Waals surface area contributed by atoms with Crippen LogP contribution in [0.1, 0.15) is 33.1 Å². The number of esters is 1. The van der Waals surface area contributed by atoms with Crippen molar-refractivity contribution in [2.24, 2.45) is 0 Å². The predicted octanol–water partition coefficient (Wildman–Crippen LogP) is 0.608. The number of hydrogen-bond acceptors (Lipinski definition) is 3. The molecule has 0 spiro atoms. The lowest BCUT2D eigenvalue weighted by Gasteiger charge is -2.31. The molecule has 4 heteroatoms. The van der Waals surface area contributed by atoms with Gasteiger partial charge < -0.3 is 10.1 Å². The fourth-order valence-electron chi connectivity index (χ4n) is 1.48. The number of carbonyl (C=O) groups excluding carboxylic acids is 2. The molecule has 1 fully saturated rings. The summed E-state index contributed by atoms with van der Waals surface area (Å²) in [4.78, 5) is 22.5. The first-order valence-electron chi connectivity index (χ1n) is 4.57. The Bertz CT molecular complexity index is 227. The second kappa shape index (κ2) is 3.77. The van der Waals surface area contributed by atoms with Crippen molar-refractivity contribution in [3.63, 3.8) is 0 Å². The molecule has 0 radical (unpaired) electrons. The molecule has 1 saturated heterocycles. The Balaban J connectivity index is 2.63. The van der Waals surface area contributed by atoms with Crippen molar-refractivity contribution in [1.29, 1.82) is 0 Å². The highest BCUT2D eigenvalue weighted by Crippen LogP contribution is 2.20. The molecule has 1 heterocycles. The topological polar surface area (TPSA) is 55.4 Å². The van der Waals surface area contributed by atoms with Gasteiger partial charge in [-0.1, -0.05) is 0 Å². The number of amides is 1. The van der Waals surface area contributed by atoms with Crippen molar-refractivity contribution in [3.05, 3.63) is 0 Å². The Hall–Kier alpha value is -1.06. The summed E-state index contributed by atoms with van der Waals surface area (Å²) in [5, 5.41) is 2.66. The normalized spacial score (nSPS) is 28.0. The zero-order valence-electron chi connectivity index (χ0n) is 8.05. The highest BCUT2D eigenvalue weighted by molar-refractivity contribution is 5.88. The Morgan fingerprint density at radius 1 is 1.69 bits per heavy atom. The van der Waals surface area contributed by atoms with Crippen LogP contribution in [0.5, 0.6) is 0 Å². The van der Waals surface area contributed by atoms with Crippen molar-refractivity contribution in [2.75, 3.05) is 6.61 Å². The van der Waals surface area contributed by atoms with Gasteiger partial charge in [0.2, 0.25) is 5.91 Å². The molecule has 0 aromatic rings. The van der Waals surface area contributed by atoms with Crippen LogP contribution in [0.3, 0.4) is 0 Å². The van der Waals surface area contributed by atoms with E-state index in [1.807, 2.05) is 0 Å². The lowest BCUT2D eigenvalue weighted by molar-refractivity contribution is -0.154. The minimum atomic E-state index is -0.800. The summed E-state index contributed by atoms with van der Waals surface area (Å²) in [7, 11) is 0. The van der Waals surface area contributed by atoms with E-state index in [2.05, 4.69) is 5.32 Å². The highest BCUT2D eigenvalue weighted by atomic mass is 16.5. The van der Waals surface area contributed by atoms with Crippen LogP contribution in [-0.4, -0.2) is 24.0 Å². The average Bonchev–Trinajstić information content (AvgIpc) is 2.04. The van der Waals surface area contributed by atoms with E-state index in [0.29, 0.717) is 19.4 Å². The van der Waals surface area contributed by atoms with Crippen LogP contribution in [-0.2, 0) is 14.3 Å². The van der Waals surface area contributed by atoms with Gasteiger partial charge in [0.1, 0.15) is 5.54 Å². The SMILES string of the molecule is CCOC(=O)C1(C)CCCC(=O)N1. The Labute approximate surface area is 77.6 Å². The Morgan fingerprint density at radius 2 is 2.38 bits per heavy atom. The maximum atomic E-state index is 11.4. The number of rotatable bonds is 2. The van der Waals surface area contributed by atoms with Crippen molar-refractivity contribution >= 4 is 11.9 Å². The maximum Gasteiger partial charge on any atom is 0.331 e. The molecule has 0 aromatic heterocycles. The van der Waals surface area contributed by atoms with E-state index in [4.69, 9.17) is 4.74 Å². The first-order valence-corrected chi connectivity index (χ1v) is 4.57. The zero-order valence-corrected chi connectivity index (χ0v) is 8.05. The first-order chi connectivity index (χ1) is 6.08. The van der Waals surface area contributed by atoms with Crippen LogP contribution in [0.2, 0.25) is 0 Å². The van der Waals surface area contributed by atoms with Gasteiger partial charge in [0, 0.05) is 6.42 Å². The minimum Gasteiger partial charge on any atom is -0.464 e. The third kappa shape index (κ3) is 2.20. The maximum absolute atomic E-state index is 11.4. The molecule has 0 aliphatic carbocycles. The van der Waals surface area contributed by atoms with Gasteiger partial charge in [-0.05, 0) is 26.7 Å². The molecule has 1 aliphatic rings. The van der Waals surface area contributed by atoms with Crippen LogP contribution in [0.25, 0.3) is 0 Å². The van der Waals surface area contributed by atoms with Crippen molar-refractivity contribution in [3.8, 4) is 0 Å². The first kappa shape index (κ1) is 10.0. The molecule has 4 nitrogen and oxygen atoms in total. The molecular formula is C9H15NO3. The van der Waals surface area contributed by atoms with Gasteiger partial charge in [-0.2, -0.15) is 0 Å². The second-order valence-electron chi connectivity index (χ2n) is 3.45. The van der Waals surface area contributed by atoms with Crippen LogP contribution < -0.4 is 5.32 Å². The van der Waals surface area contributed by atoms with E-state index in [0.717, 1.165) is 6.42 Å². The van der Waals surface area contributed by atoms with Gasteiger partial charge in [-0.15, -0.1) is 0 Å². The Morgan fingerprint density at radius 3 is 2.92 bits per heavy atom. The number of ether oxygens (including phenoxy) is 1. The lowest BCUT2D eigenvalue weighted by atomic mass is 9.91. The van der Waals surface area contributed by atoms with E-state index in [1.165, 1.54) is 0 Å². The summed E-state index contributed by atoms with van der Waals surface area (Å²) < 4.78 is 4.88. The van der Waals surface area contributed by atoms with Gasteiger partial charge in [-0.25, -0.2) is 4.79 Å². The molecule has 74 valence electrons. The molecule has 13 heavy (non-hydrogen) atoms.